The fourth-order valence-corrected chi connectivity index (χ4v) is 4.12. The van der Waals surface area contributed by atoms with Crippen molar-refractivity contribution in [2.24, 2.45) is 0 Å². The van der Waals surface area contributed by atoms with Crippen LogP contribution in [0.2, 0.25) is 0 Å². The Morgan fingerprint density at radius 2 is 1.83 bits per heavy atom. The van der Waals surface area contributed by atoms with E-state index in [-0.39, 0.29) is 17.6 Å². The van der Waals surface area contributed by atoms with Crippen LogP contribution in [0, 0.1) is 13.8 Å². The Hall–Kier alpha value is -2.91. The van der Waals surface area contributed by atoms with E-state index in [9.17, 15) is 9.59 Å². The number of nitrogens with one attached hydrogen (secondary N) is 2. The second-order valence-electron chi connectivity index (χ2n) is 6.55. The van der Waals surface area contributed by atoms with Gasteiger partial charge in [0.15, 0.2) is 4.34 Å². The van der Waals surface area contributed by atoms with E-state index in [4.69, 9.17) is 0 Å². The summed E-state index contributed by atoms with van der Waals surface area (Å²) in [5.74, 6) is -0.236. The predicted octanol–water partition coefficient (Wildman–Crippen LogP) is 4.09. The molecule has 1 aromatic heterocycles. The predicted molar refractivity (Wildman–Crippen MR) is 119 cm³/mol. The molecule has 1 amide bonds. The van der Waals surface area contributed by atoms with Gasteiger partial charge in [0.05, 0.1) is 18.4 Å². The van der Waals surface area contributed by atoms with Gasteiger partial charge in [0.25, 0.3) is 0 Å². The molecule has 0 bridgehead atoms. The number of ether oxygens (including phenoxy) is 1. The maximum absolute atomic E-state index is 12.1. The molecule has 2 aromatic carbocycles. The van der Waals surface area contributed by atoms with Gasteiger partial charge in [-0.1, -0.05) is 41.3 Å². The first-order valence-corrected chi connectivity index (χ1v) is 11.0. The molecule has 0 spiro atoms. The Balaban J connectivity index is 1.44. The van der Waals surface area contributed by atoms with E-state index in [1.807, 2.05) is 6.07 Å². The number of amides is 1. The van der Waals surface area contributed by atoms with Gasteiger partial charge < -0.3 is 15.4 Å². The van der Waals surface area contributed by atoms with Gasteiger partial charge >= 0.3 is 5.97 Å². The van der Waals surface area contributed by atoms with Crippen molar-refractivity contribution in [3.05, 3.63) is 64.7 Å². The molecule has 0 fully saturated rings. The monoisotopic (exact) mass is 442 g/mol. The minimum Gasteiger partial charge on any atom is -0.465 e. The summed E-state index contributed by atoms with van der Waals surface area (Å²) in [7, 11) is 1.34. The molecule has 2 N–H and O–H groups in total. The van der Waals surface area contributed by atoms with Crippen LogP contribution in [0.5, 0.6) is 0 Å². The number of carbonyl (C=O) groups is 2. The summed E-state index contributed by atoms with van der Waals surface area (Å²) in [6.45, 7) is 4.52. The van der Waals surface area contributed by atoms with Crippen LogP contribution in [0.3, 0.4) is 0 Å². The lowest BCUT2D eigenvalue weighted by atomic mass is 10.1. The Bertz CT molecular complexity index is 1030. The summed E-state index contributed by atoms with van der Waals surface area (Å²) in [5, 5.41) is 15.0. The van der Waals surface area contributed by atoms with Crippen molar-refractivity contribution in [3.8, 4) is 0 Å². The third kappa shape index (κ3) is 6.04. The van der Waals surface area contributed by atoms with Crippen molar-refractivity contribution in [3.63, 3.8) is 0 Å². The van der Waals surface area contributed by atoms with Crippen molar-refractivity contribution in [2.45, 2.75) is 24.7 Å². The van der Waals surface area contributed by atoms with Crippen LogP contribution in [0.4, 0.5) is 10.8 Å². The van der Waals surface area contributed by atoms with E-state index >= 15 is 0 Å². The minimum absolute atomic E-state index is 0.101. The van der Waals surface area contributed by atoms with Crippen molar-refractivity contribution in [1.29, 1.82) is 0 Å². The molecular weight excluding hydrogens is 420 g/mol. The molecule has 0 saturated heterocycles. The molecule has 30 heavy (non-hydrogen) atoms. The average molecular weight is 443 g/mol. The van der Waals surface area contributed by atoms with Crippen molar-refractivity contribution in [1.82, 2.24) is 15.5 Å². The summed E-state index contributed by atoms with van der Waals surface area (Å²) in [5.41, 5.74) is 4.78. The molecule has 0 radical (unpaired) electrons. The number of hydrogen-bond donors (Lipinski definition) is 2. The van der Waals surface area contributed by atoms with Crippen LogP contribution < -0.4 is 10.6 Å². The van der Waals surface area contributed by atoms with Gasteiger partial charge in [0.1, 0.15) is 0 Å². The number of thioether (sulfide) groups is 1. The van der Waals surface area contributed by atoms with Crippen LogP contribution in [0.25, 0.3) is 0 Å². The van der Waals surface area contributed by atoms with Crippen molar-refractivity contribution in [2.75, 3.05) is 18.2 Å². The quantitative estimate of drug-likeness (QED) is 0.401. The van der Waals surface area contributed by atoms with Crippen molar-refractivity contribution >= 4 is 45.8 Å². The molecule has 3 rings (SSSR count). The lowest BCUT2D eigenvalue weighted by Crippen LogP contribution is -2.24. The summed E-state index contributed by atoms with van der Waals surface area (Å²) in [6.07, 6.45) is 0. The highest BCUT2D eigenvalue weighted by Crippen LogP contribution is 2.28. The minimum atomic E-state index is -0.384. The smallest absolute Gasteiger partial charge is 0.337 e. The van der Waals surface area contributed by atoms with E-state index in [0.717, 1.165) is 15.6 Å². The van der Waals surface area contributed by atoms with Gasteiger partial charge in [-0.05, 0) is 54.8 Å². The molecule has 156 valence electrons. The Morgan fingerprint density at radius 3 is 2.53 bits per heavy atom. The van der Waals surface area contributed by atoms with Crippen LogP contribution in [-0.2, 0) is 16.1 Å². The van der Waals surface area contributed by atoms with E-state index in [1.165, 1.54) is 41.3 Å². The topological polar surface area (TPSA) is 93.2 Å². The number of rotatable bonds is 8. The second kappa shape index (κ2) is 10.2. The van der Waals surface area contributed by atoms with Gasteiger partial charge in [-0.2, -0.15) is 0 Å². The van der Waals surface area contributed by atoms with E-state index in [1.54, 1.807) is 24.3 Å². The average Bonchev–Trinajstić information content (AvgIpc) is 3.20. The van der Waals surface area contributed by atoms with Crippen LogP contribution in [0.1, 0.15) is 27.0 Å². The van der Waals surface area contributed by atoms with Crippen LogP contribution in [-0.4, -0.2) is 34.9 Å². The first kappa shape index (κ1) is 21.8. The molecule has 0 aliphatic heterocycles. The number of methoxy groups -OCH3 is 1. The van der Waals surface area contributed by atoms with Crippen molar-refractivity contribution < 1.29 is 14.3 Å². The molecule has 1 heterocycles. The lowest BCUT2D eigenvalue weighted by molar-refractivity contribution is -0.118. The molecule has 7 nitrogen and oxygen atoms in total. The standard InChI is InChI=1S/C21H22N4O3S2/c1-13-4-9-17(10-14(13)2)23-20-24-25-21(30-20)29-12-18(26)22-11-15-5-7-16(8-6-15)19(27)28-3/h4-10H,11-12H2,1-3H3,(H,22,26)(H,23,24). The van der Waals surface area contributed by atoms with E-state index in [0.29, 0.717) is 17.2 Å². The highest BCUT2D eigenvalue weighted by Gasteiger charge is 2.09. The van der Waals surface area contributed by atoms with Gasteiger partial charge in [-0.3, -0.25) is 4.79 Å². The van der Waals surface area contributed by atoms with E-state index < -0.39 is 0 Å². The number of nitrogens with zero attached hydrogens (tertiary/aromatic N) is 2. The fourth-order valence-electron chi connectivity index (χ4n) is 2.52. The Morgan fingerprint density at radius 1 is 1.07 bits per heavy atom. The summed E-state index contributed by atoms with van der Waals surface area (Å²) in [4.78, 5) is 23.5. The zero-order valence-corrected chi connectivity index (χ0v) is 18.5. The number of anilines is 2. The number of hydrogen-bond acceptors (Lipinski definition) is 8. The second-order valence-corrected chi connectivity index (χ2v) is 8.75. The summed E-state index contributed by atoms with van der Waals surface area (Å²) >= 11 is 2.75. The SMILES string of the molecule is COC(=O)c1ccc(CNC(=O)CSc2nnc(Nc3ccc(C)c(C)c3)s2)cc1. The lowest BCUT2D eigenvalue weighted by Gasteiger charge is -2.05. The molecule has 0 aliphatic rings. The van der Waals surface area contributed by atoms with Crippen LogP contribution >= 0.6 is 23.1 Å². The molecule has 0 aliphatic carbocycles. The number of esters is 1. The first-order chi connectivity index (χ1) is 14.4. The van der Waals surface area contributed by atoms with E-state index in [2.05, 4.69) is 51.5 Å². The van der Waals surface area contributed by atoms with Gasteiger partial charge in [-0.15, -0.1) is 10.2 Å². The largest absolute Gasteiger partial charge is 0.465 e. The third-order valence-corrected chi connectivity index (χ3v) is 6.33. The number of benzene rings is 2. The molecule has 0 saturated carbocycles. The molecule has 9 heteroatoms. The number of carbonyl (C=O) groups excluding carboxylic acids is 2. The maximum Gasteiger partial charge on any atom is 0.337 e. The molecule has 3 aromatic rings. The van der Waals surface area contributed by atoms with Crippen LogP contribution in [0.15, 0.2) is 46.8 Å². The number of aromatic nitrogens is 2. The highest BCUT2D eigenvalue weighted by molar-refractivity contribution is 8.01. The fraction of sp³-hybridized carbons (Fsp3) is 0.238. The maximum atomic E-state index is 12.1. The first-order valence-electron chi connectivity index (χ1n) is 9.19. The zero-order valence-electron chi connectivity index (χ0n) is 16.9. The van der Waals surface area contributed by atoms with Gasteiger partial charge in [0, 0.05) is 12.2 Å². The molecular formula is C21H22N4O3S2. The molecule has 0 atom stereocenters. The number of aryl methyl sites for hydroxylation is 2. The third-order valence-electron chi connectivity index (χ3n) is 4.36. The highest BCUT2D eigenvalue weighted by atomic mass is 32.2. The van der Waals surface area contributed by atoms with Gasteiger partial charge in [-0.25, -0.2) is 4.79 Å². The zero-order chi connectivity index (χ0) is 21.5. The normalized spacial score (nSPS) is 10.5. The Kier molecular flexibility index (Phi) is 7.42. The Labute approximate surface area is 183 Å². The van der Waals surface area contributed by atoms with Gasteiger partial charge in [0.2, 0.25) is 11.0 Å². The summed E-state index contributed by atoms with van der Waals surface area (Å²) in [6, 6.07) is 13.0. The molecule has 0 unspecified atom stereocenters. The summed E-state index contributed by atoms with van der Waals surface area (Å²) < 4.78 is 5.39.